The van der Waals surface area contributed by atoms with Gasteiger partial charge in [-0.1, -0.05) is 54.1 Å². The van der Waals surface area contributed by atoms with Crippen molar-refractivity contribution in [3.8, 4) is 11.4 Å². The van der Waals surface area contributed by atoms with Crippen molar-refractivity contribution >= 4 is 16.8 Å². The number of para-hydroxylation sites is 1. The molecule has 0 unspecified atom stereocenters. The summed E-state index contributed by atoms with van der Waals surface area (Å²) in [6.07, 6.45) is 0. The Morgan fingerprint density at radius 3 is 2.46 bits per heavy atom. The number of fused-ring (bicyclic) bond motifs is 1. The molecule has 1 aromatic heterocycles. The molecule has 4 rings (SSSR count). The number of hydrogen-bond donors (Lipinski definition) is 1. The molecular formula is C23H19N3O2. The lowest BCUT2D eigenvalue weighted by molar-refractivity contribution is 0.101. The van der Waals surface area contributed by atoms with Gasteiger partial charge in [-0.15, -0.1) is 0 Å². The van der Waals surface area contributed by atoms with E-state index in [1.54, 1.807) is 30.3 Å². The third kappa shape index (κ3) is 3.18. The first-order valence-electron chi connectivity index (χ1n) is 9.00. The lowest BCUT2D eigenvalue weighted by Gasteiger charge is -2.15. The Balaban J connectivity index is 1.92. The first kappa shape index (κ1) is 17.7. The molecule has 0 fully saturated rings. The van der Waals surface area contributed by atoms with Crippen LogP contribution in [0.5, 0.6) is 0 Å². The molecule has 0 aliphatic carbocycles. The van der Waals surface area contributed by atoms with Crippen molar-refractivity contribution in [1.82, 2.24) is 9.66 Å². The van der Waals surface area contributed by atoms with Crippen molar-refractivity contribution in [2.75, 3.05) is 5.43 Å². The van der Waals surface area contributed by atoms with Crippen LogP contribution in [-0.4, -0.2) is 15.6 Å². The number of rotatable bonds is 3. The number of hydrogen-bond acceptors (Lipinski definition) is 3. The summed E-state index contributed by atoms with van der Waals surface area (Å²) in [7, 11) is 0. The Morgan fingerprint density at radius 2 is 1.68 bits per heavy atom. The highest BCUT2D eigenvalue weighted by Gasteiger charge is 2.16. The molecule has 4 aromatic rings. The van der Waals surface area contributed by atoms with Gasteiger partial charge in [0.2, 0.25) is 0 Å². The minimum atomic E-state index is -0.355. The maximum absolute atomic E-state index is 13.2. The van der Waals surface area contributed by atoms with Crippen LogP contribution in [0.15, 0.2) is 77.6 Å². The monoisotopic (exact) mass is 369 g/mol. The zero-order chi connectivity index (χ0) is 19.7. The highest BCUT2D eigenvalue weighted by Crippen LogP contribution is 2.19. The van der Waals surface area contributed by atoms with Gasteiger partial charge in [-0.3, -0.25) is 15.0 Å². The van der Waals surface area contributed by atoms with Gasteiger partial charge in [0.15, 0.2) is 5.82 Å². The Morgan fingerprint density at radius 1 is 0.929 bits per heavy atom. The van der Waals surface area contributed by atoms with Crippen LogP contribution in [0.3, 0.4) is 0 Å². The number of aryl methyl sites for hydroxylation is 2. The Labute approximate surface area is 162 Å². The number of aromatic nitrogens is 2. The van der Waals surface area contributed by atoms with E-state index in [2.05, 4.69) is 10.4 Å². The van der Waals surface area contributed by atoms with Crippen LogP contribution in [0.1, 0.15) is 21.5 Å². The molecule has 1 heterocycles. The van der Waals surface area contributed by atoms with Gasteiger partial charge in [-0.05, 0) is 43.7 Å². The third-order valence-electron chi connectivity index (χ3n) is 4.66. The van der Waals surface area contributed by atoms with Crippen molar-refractivity contribution in [3.63, 3.8) is 0 Å². The summed E-state index contributed by atoms with van der Waals surface area (Å²) in [4.78, 5) is 30.7. The zero-order valence-corrected chi connectivity index (χ0v) is 15.6. The van der Waals surface area contributed by atoms with E-state index in [-0.39, 0.29) is 11.5 Å². The molecule has 0 radical (unpaired) electrons. The minimum absolute atomic E-state index is 0.316. The van der Waals surface area contributed by atoms with Gasteiger partial charge < -0.3 is 0 Å². The number of nitrogens with one attached hydrogen (secondary N) is 1. The minimum Gasteiger partial charge on any atom is -0.267 e. The Bertz CT molecular complexity index is 1260. The maximum atomic E-state index is 13.2. The van der Waals surface area contributed by atoms with Crippen LogP contribution in [0.2, 0.25) is 0 Å². The second kappa shape index (κ2) is 7.12. The predicted molar refractivity (Wildman–Crippen MR) is 111 cm³/mol. The molecule has 0 saturated carbocycles. The van der Waals surface area contributed by atoms with Crippen LogP contribution in [0.4, 0.5) is 0 Å². The summed E-state index contributed by atoms with van der Waals surface area (Å²) in [5.41, 5.74) is 6.16. The maximum Gasteiger partial charge on any atom is 0.280 e. The summed E-state index contributed by atoms with van der Waals surface area (Å²) >= 11 is 0. The fourth-order valence-electron chi connectivity index (χ4n) is 3.20. The van der Waals surface area contributed by atoms with E-state index in [1.165, 1.54) is 4.68 Å². The van der Waals surface area contributed by atoms with Crippen molar-refractivity contribution in [2.24, 2.45) is 0 Å². The molecule has 1 N–H and O–H groups in total. The van der Waals surface area contributed by atoms with Crippen molar-refractivity contribution < 1.29 is 4.79 Å². The molecule has 0 spiro atoms. The Kier molecular flexibility index (Phi) is 4.49. The highest BCUT2D eigenvalue weighted by atomic mass is 16.2. The predicted octanol–water partition coefficient (Wildman–Crippen LogP) is 4.06. The second-order valence-electron chi connectivity index (χ2n) is 6.72. The normalized spacial score (nSPS) is 10.8. The molecule has 5 heteroatoms. The van der Waals surface area contributed by atoms with Crippen molar-refractivity contribution in [2.45, 2.75) is 13.8 Å². The molecule has 0 saturated heterocycles. The van der Waals surface area contributed by atoms with Gasteiger partial charge in [0.05, 0.1) is 10.9 Å². The van der Waals surface area contributed by atoms with E-state index in [0.29, 0.717) is 22.3 Å². The van der Waals surface area contributed by atoms with E-state index >= 15 is 0 Å². The second-order valence-corrected chi connectivity index (χ2v) is 6.72. The summed E-state index contributed by atoms with van der Waals surface area (Å²) in [6.45, 7) is 3.83. The van der Waals surface area contributed by atoms with Gasteiger partial charge in [-0.25, -0.2) is 4.98 Å². The van der Waals surface area contributed by atoms with Gasteiger partial charge in [0.25, 0.3) is 11.5 Å². The fourth-order valence-corrected chi connectivity index (χ4v) is 3.20. The van der Waals surface area contributed by atoms with Gasteiger partial charge in [0, 0.05) is 11.1 Å². The molecule has 0 aliphatic rings. The summed E-state index contributed by atoms with van der Waals surface area (Å²) in [5, 5.41) is 0.448. The molecular weight excluding hydrogens is 350 g/mol. The smallest absolute Gasteiger partial charge is 0.267 e. The van der Waals surface area contributed by atoms with E-state index in [9.17, 15) is 9.59 Å². The van der Waals surface area contributed by atoms with Crippen LogP contribution in [0.25, 0.3) is 22.3 Å². The van der Waals surface area contributed by atoms with Gasteiger partial charge in [0.1, 0.15) is 0 Å². The lowest BCUT2D eigenvalue weighted by atomic mass is 10.1. The molecule has 5 nitrogen and oxygen atoms in total. The van der Waals surface area contributed by atoms with Crippen LogP contribution in [-0.2, 0) is 0 Å². The van der Waals surface area contributed by atoms with E-state index in [0.717, 1.165) is 16.7 Å². The SMILES string of the molecule is Cc1cccc(-c2nc3ccccc3c(=O)n2NC(=O)c2ccccc2C)c1. The van der Waals surface area contributed by atoms with E-state index in [1.807, 2.05) is 56.3 Å². The van der Waals surface area contributed by atoms with Crippen molar-refractivity contribution in [1.29, 1.82) is 0 Å². The lowest BCUT2D eigenvalue weighted by Crippen LogP contribution is -2.35. The van der Waals surface area contributed by atoms with Gasteiger partial charge in [-0.2, -0.15) is 4.68 Å². The largest absolute Gasteiger partial charge is 0.280 e. The molecule has 0 atom stereocenters. The third-order valence-corrected chi connectivity index (χ3v) is 4.66. The Hall–Kier alpha value is -3.73. The van der Waals surface area contributed by atoms with E-state index < -0.39 is 0 Å². The summed E-state index contributed by atoms with van der Waals surface area (Å²) < 4.78 is 1.24. The highest BCUT2D eigenvalue weighted by molar-refractivity contribution is 6.01. The van der Waals surface area contributed by atoms with Crippen LogP contribution in [0, 0.1) is 13.8 Å². The average Bonchev–Trinajstić information content (AvgIpc) is 2.70. The number of benzene rings is 3. The summed E-state index contributed by atoms with van der Waals surface area (Å²) in [5.74, 6) is 0.0421. The zero-order valence-electron chi connectivity index (χ0n) is 15.6. The molecule has 0 bridgehead atoms. The van der Waals surface area contributed by atoms with E-state index in [4.69, 9.17) is 0 Å². The molecule has 1 amide bonds. The standard InChI is InChI=1S/C23H19N3O2/c1-15-8-7-10-17(14-15)21-24-20-13-6-5-12-19(20)23(28)26(21)25-22(27)18-11-4-3-9-16(18)2/h3-14H,1-2H3,(H,25,27). The average molecular weight is 369 g/mol. The first-order chi connectivity index (χ1) is 13.5. The number of amides is 1. The fraction of sp³-hybridized carbons (Fsp3) is 0.0870. The van der Waals surface area contributed by atoms with Crippen molar-refractivity contribution in [3.05, 3.63) is 99.8 Å². The van der Waals surface area contributed by atoms with Gasteiger partial charge >= 0.3 is 0 Å². The molecule has 28 heavy (non-hydrogen) atoms. The number of nitrogens with zero attached hydrogens (tertiary/aromatic N) is 2. The quantitative estimate of drug-likeness (QED) is 0.592. The summed E-state index contributed by atoms with van der Waals surface area (Å²) in [6, 6.07) is 22.1. The number of carbonyl (C=O) groups is 1. The van der Waals surface area contributed by atoms with Crippen LogP contribution < -0.4 is 11.0 Å². The molecule has 0 aliphatic heterocycles. The van der Waals surface area contributed by atoms with Crippen LogP contribution >= 0.6 is 0 Å². The molecule has 3 aromatic carbocycles. The topological polar surface area (TPSA) is 64.0 Å². The number of carbonyl (C=O) groups excluding carboxylic acids is 1. The first-order valence-corrected chi connectivity index (χ1v) is 9.00. The molecule has 138 valence electrons.